The van der Waals surface area contributed by atoms with Gasteiger partial charge in [0.05, 0.1) is 12.7 Å². The highest BCUT2D eigenvalue weighted by molar-refractivity contribution is 5.98. The lowest BCUT2D eigenvalue weighted by molar-refractivity contribution is 0.0238. The highest BCUT2D eigenvalue weighted by Gasteiger charge is 2.25. The predicted octanol–water partition coefficient (Wildman–Crippen LogP) is 6.73. The molecule has 0 fully saturated rings. The summed E-state index contributed by atoms with van der Waals surface area (Å²) >= 11 is 0. The van der Waals surface area contributed by atoms with Crippen LogP contribution < -0.4 is 20.5 Å². The van der Waals surface area contributed by atoms with Crippen LogP contribution >= 0.6 is 0 Å². The molecule has 0 unspecified atom stereocenters. The molecule has 0 aliphatic rings. The van der Waals surface area contributed by atoms with Crippen molar-refractivity contribution in [3.63, 3.8) is 0 Å². The van der Waals surface area contributed by atoms with Crippen molar-refractivity contribution in [2.45, 2.75) is 65.3 Å². The number of carbonyl (C=O) groups excluding carboxylic acids is 2. The maximum atomic E-state index is 13.7. The molecule has 8 heteroatoms. The Morgan fingerprint density at radius 3 is 2.15 bits per heavy atom. The first-order valence-corrected chi connectivity index (χ1v) is 16.8. The fourth-order valence-electron chi connectivity index (χ4n) is 5.60. The van der Waals surface area contributed by atoms with Crippen molar-refractivity contribution >= 4 is 11.9 Å². The molecule has 1 amide bonds. The van der Waals surface area contributed by atoms with Crippen molar-refractivity contribution in [3.05, 3.63) is 130 Å². The summed E-state index contributed by atoms with van der Waals surface area (Å²) in [7, 11) is 1.64. The van der Waals surface area contributed by atoms with E-state index in [9.17, 15) is 9.59 Å². The van der Waals surface area contributed by atoms with E-state index in [0.29, 0.717) is 50.3 Å². The van der Waals surface area contributed by atoms with E-state index in [0.717, 1.165) is 46.6 Å². The van der Waals surface area contributed by atoms with Crippen LogP contribution in [0.2, 0.25) is 0 Å². The first kappa shape index (κ1) is 36.2. The summed E-state index contributed by atoms with van der Waals surface area (Å²) in [6.45, 7) is 8.62. The molecule has 4 aromatic rings. The highest BCUT2D eigenvalue weighted by Crippen LogP contribution is 2.20. The Balaban J connectivity index is 1.50. The van der Waals surface area contributed by atoms with Gasteiger partial charge in [0, 0.05) is 37.8 Å². The lowest BCUT2D eigenvalue weighted by Gasteiger charge is -2.25. The van der Waals surface area contributed by atoms with Gasteiger partial charge in [0.15, 0.2) is 0 Å². The van der Waals surface area contributed by atoms with Crippen LogP contribution in [0.15, 0.2) is 97.1 Å². The van der Waals surface area contributed by atoms with Crippen molar-refractivity contribution in [1.29, 1.82) is 0 Å². The molecule has 4 aromatic carbocycles. The summed E-state index contributed by atoms with van der Waals surface area (Å²) in [5.74, 6) is 0.905. The molecule has 2 atom stereocenters. The Morgan fingerprint density at radius 1 is 0.792 bits per heavy atom. The molecule has 4 rings (SSSR count). The fraction of sp³-hybridized carbons (Fsp3) is 0.350. The summed E-state index contributed by atoms with van der Waals surface area (Å²) in [5.41, 5.74) is 11.5. The number of nitrogens with zero attached hydrogens (tertiary/aromatic N) is 1. The second kappa shape index (κ2) is 18.6. The number of hydrogen-bond acceptors (Lipinski definition) is 7. The number of benzene rings is 4. The van der Waals surface area contributed by atoms with Crippen LogP contribution in [0.25, 0.3) is 0 Å². The standard InChI is InChI=1S/C40H49N3O5/c1-5-18-43(19-6-2)39(44)33-20-29(3)21-34(25-33)40(45)48-38(27-42-26-32-15-11-16-35(23-32)46-4)37(41)24-31-14-10-17-36(22-31)47-28-30-12-8-7-9-13-30/h7-17,20-23,25,37-38,42H,5-6,18-19,24,26-28,41H2,1-4H3/t37-,38+/m0/s1. The summed E-state index contributed by atoms with van der Waals surface area (Å²) < 4.78 is 17.5. The average molecular weight is 652 g/mol. The minimum atomic E-state index is -0.659. The normalized spacial score (nSPS) is 12.2. The molecule has 3 N–H and O–H groups in total. The fourth-order valence-corrected chi connectivity index (χ4v) is 5.60. The summed E-state index contributed by atoms with van der Waals surface area (Å²) in [5, 5.41) is 3.41. The van der Waals surface area contributed by atoms with E-state index in [2.05, 4.69) is 19.2 Å². The zero-order valence-electron chi connectivity index (χ0n) is 28.6. The van der Waals surface area contributed by atoms with Crippen molar-refractivity contribution in [2.24, 2.45) is 5.73 Å². The molecular weight excluding hydrogens is 602 g/mol. The molecule has 0 aliphatic heterocycles. The Labute approximate surface area is 285 Å². The number of rotatable bonds is 18. The predicted molar refractivity (Wildman–Crippen MR) is 190 cm³/mol. The Kier molecular flexibility index (Phi) is 14.0. The molecule has 8 nitrogen and oxygen atoms in total. The average Bonchev–Trinajstić information content (AvgIpc) is 3.10. The van der Waals surface area contributed by atoms with Gasteiger partial charge < -0.3 is 30.2 Å². The van der Waals surface area contributed by atoms with Gasteiger partial charge >= 0.3 is 5.97 Å². The molecule has 0 aliphatic carbocycles. The van der Waals surface area contributed by atoms with Gasteiger partial charge in [-0.3, -0.25) is 4.79 Å². The third-order valence-electron chi connectivity index (χ3n) is 8.00. The topological polar surface area (TPSA) is 103 Å². The van der Waals surface area contributed by atoms with Gasteiger partial charge in [-0.05, 0) is 90.9 Å². The molecule has 0 spiro atoms. The van der Waals surface area contributed by atoms with E-state index in [1.165, 1.54) is 0 Å². The summed E-state index contributed by atoms with van der Waals surface area (Å²) in [4.78, 5) is 28.9. The number of methoxy groups -OCH3 is 1. The number of carbonyl (C=O) groups is 2. The SMILES string of the molecule is CCCN(CCC)C(=O)c1cc(C)cc(C(=O)O[C@H](CNCc2cccc(OC)c2)[C@@H](N)Cc2cccc(OCc3ccccc3)c2)c1. The van der Waals surface area contributed by atoms with Crippen LogP contribution in [-0.2, 0) is 24.3 Å². The maximum absolute atomic E-state index is 13.7. The van der Waals surface area contributed by atoms with Crippen molar-refractivity contribution < 1.29 is 23.8 Å². The zero-order chi connectivity index (χ0) is 34.3. The first-order chi connectivity index (χ1) is 23.3. The van der Waals surface area contributed by atoms with E-state index in [1.807, 2.05) is 96.8 Å². The molecule has 48 heavy (non-hydrogen) atoms. The van der Waals surface area contributed by atoms with Crippen LogP contribution in [0, 0.1) is 6.92 Å². The lowest BCUT2D eigenvalue weighted by atomic mass is 10.0. The molecule has 254 valence electrons. The number of ether oxygens (including phenoxy) is 3. The zero-order valence-corrected chi connectivity index (χ0v) is 28.6. The summed E-state index contributed by atoms with van der Waals surface area (Å²) in [6, 6.07) is 30.3. The molecule has 0 bridgehead atoms. The van der Waals surface area contributed by atoms with Gasteiger partial charge in [0.2, 0.25) is 0 Å². The molecule has 0 aromatic heterocycles. The van der Waals surface area contributed by atoms with Crippen LogP contribution in [0.5, 0.6) is 11.5 Å². The quantitative estimate of drug-likeness (QED) is 0.115. The van der Waals surface area contributed by atoms with Gasteiger partial charge in [0.1, 0.15) is 24.2 Å². The minimum Gasteiger partial charge on any atom is -0.497 e. The molecule has 0 saturated carbocycles. The number of nitrogens with two attached hydrogens (primary N) is 1. The third-order valence-corrected chi connectivity index (χ3v) is 8.00. The van der Waals surface area contributed by atoms with Gasteiger partial charge in [-0.1, -0.05) is 68.4 Å². The molecule has 0 heterocycles. The highest BCUT2D eigenvalue weighted by atomic mass is 16.5. The number of aryl methyl sites for hydroxylation is 1. The second-order valence-electron chi connectivity index (χ2n) is 12.1. The largest absolute Gasteiger partial charge is 0.497 e. The monoisotopic (exact) mass is 651 g/mol. The first-order valence-electron chi connectivity index (χ1n) is 16.8. The number of esters is 1. The Bertz CT molecular complexity index is 1600. The van der Waals surface area contributed by atoms with Crippen LogP contribution in [-0.4, -0.2) is 55.7 Å². The molecular formula is C40H49N3O5. The summed E-state index contributed by atoms with van der Waals surface area (Å²) in [6.07, 6.45) is 1.52. The van der Waals surface area contributed by atoms with Crippen molar-refractivity contribution in [2.75, 3.05) is 26.7 Å². The van der Waals surface area contributed by atoms with Crippen molar-refractivity contribution in [1.82, 2.24) is 10.2 Å². The van der Waals surface area contributed by atoms with Crippen molar-refractivity contribution in [3.8, 4) is 11.5 Å². The number of nitrogens with one attached hydrogen (secondary N) is 1. The van der Waals surface area contributed by atoms with E-state index in [1.54, 1.807) is 19.2 Å². The van der Waals surface area contributed by atoms with Gasteiger partial charge in [0.25, 0.3) is 5.91 Å². The van der Waals surface area contributed by atoms with Crippen LogP contribution in [0.4, 0.5) is 0 Å². The Hall–Kier alpha value is -4.66. The van der Waals surface area contributed by atoms with Gasteiger partial charge in [-0.15, -0.1) is 0 Å². The van der Waals surface area contributed by atoms with E-state index >= 15 is 0 Å². The maximum Gasteiger partial charge on any atom is 0.338 e. The third kappa shape index (κ3) is 11.0. The molecule has 0 radical (unpaired) electrons. The lowest BCUT2D eigenvalue weighted by Crippen LogP contribution is -2.46. The van der Waals surface area contributed by atoms with Crippen LogP contribution in [0.1, 0.15) is 69.7 Å². The number of amides is 1. The van der Waals surface area contributed by atoms with Crippen LogP contribution in [0.3, 0.4) is 0 Å². The van der Waals surface area contributed by atoms with E-state index < -0.39 is 18.1 Å². The number of hydrogen-bond donors (Lipinski definition) is 2. The van der Waals surface area contributed by atoms with Gasteiger partial charge in [-0.25, -0.2) is 4.79 Å². The second-order valence-corrected chi connectivity index (χ2v) is 12.1. The minimum absolute atomic E-state index is 0.0842. The van der Waals surface area contributed by atoms with E-state index in [4.69, 9.17) is 19.9 Å². The Morgan fingerprint density at radius 2 is 1.44 bits per heavy atom. The smallest absolute Gasteiger partial charge is 0.338 e. The van der Waals surface area contributed by atoms with Gasteiger partial charge in [-0.2, -0.15) is 0 Å². The van der Waals surface area contributed by atoms with E-state index in [-0.39, 0.29) is 5.91 Å². The molecule has 0 saturated heterocycles.